The number of anilines is 1. The quantitative estimate of drug-likeness (QED) is 0.792. The van der Waals surface area contributed by atoms with Crippen LogP contribution in [0.2, 0.25) is 0 Å². The van der Waals surface area contributed by atoms with E-state index in [9.17, 15) is 14.4 Å². The van der Waals surface area contributed by atoms with E-state index < -0.39 is 12.1 Å². The Kier molecular flexibility index (Phi) is 3.47. The van der Waals surface area contributed by atoms with Gasteiger partial charge in [0.05, 0.1) is 27.8 Å². The third kappa shape index (κ3) is 2.61. The highest BCUT2D eigenvalue weighted by Crippen LogP contribution is 2.36. The lowest BCUT2D eigenvalue weighted by molar-refractivity contribution is -0.117. The monoisotopic (exact) mass is 338 g/mol. The van der Waals surface area contributed by atoms with Crippen molar-refractivity contribution in [3.05, 3.63) is 42.2 Å². The number of amides is 1. The number of carbonyl (C=O) groups excluding carboxylic acids is 1. The molecule has 0 spiro atoms. The van der Waals surface area contributed by atoms with E-state index in [1.807, 2.05) is 18.2 Å². The van der Waals surface area contributed by atoms with Crippen molar-refractivity contribution in [2.75, 3.05) is 5.32 Å². The van der Waals surface area contributed by atoms with Gasteiger partial charge in [-0.2, -0.15) is 5.26 Å². The molecule has 1 saturated carbocycles. The third-order valence-electron chi connectivity index (χ3n) is 3.92. The molecule has 1 amide bonds. The second-order valence-electron chi connectivity index (χ2n) is 5.58. The van der Waals surface area contributed by atoms with Crippen LogP contribution in [0.15, 0.2) is 36.7 Å². The summed E-state index contributed by atoms with van der Waals surface area (Å²) < 4.78 is 13.8. The lowest BCUT2D eigenvalue weighted by Gasteiger charge is -2.02. The maximum Gasteiger partial charge on any atom is 0.232 e. The zero-order chi connectivity index (χ0) is 16.7. The van der Waals surface area contributed by atoms with E-state index in [2.05, 4.69) is 21.4 Å². The summed E-state index contributed by atoms with van der Waals surface area (Å²) in [5, 5.41) is 12.3. The normalized spacial score (nSPS) is 19.0. The predicted molar refractivity (Wildman–Crippen MR) is 89.2 cm³/mol. The number of fused-ring (bicyclic) bond motifs is 1. The van der Waals surface area contributed by atoms with Crippen LogP contribution in [0.5, 0.6) is 0 Å². The molecular weight excluding hydrogens is 327 g/mol. The fourth-order valence-corrected chi connectivity index (χ4v) is 3.41. The Morgan fingerprint density at radius 3 is 3.00 bits per heavy atom. The molecule has 0 radical (unpaired) electrons. The molecule has 118 valence electrons. The first-order valence-electron chi connectivity index (χ1n) is 7.36. The molecule has 1 fully saturated rings. The third-order valence-corrected chi connectivity index (χ3v) is 4.85. The summed E-state index contributed by atoms with van der Waals surface area (Å²) in [4.78, 5) is 20.2. The average molecular weight is 338 g/mol. The maximum absolute atomic E-state index is 12.9. The number of rotatable bonds is 3. The number of hydrogen-bond acceptors (Lipinski definition) is 5. The van der Waals surface area contributed by atoms with Gasteiger partial charge < -0.3 is 5.32 Å². The zero-order valence-electron chi connectivity index (χ0n) is 12.4. The van der Waals surface area contributed by atoms with Crippen molar-refractivity contribution in [3.63, 3.8) is 0 Å². The summed E-state index contributed by atoms with van der Waals surface area (Å²) in [6, 6.07) is 9.43. The SMILES string of the molecule is N#Cc1ccncc1-c1ccc2nc(NC(=O)C3CC3F)sc2c1. The Bertz CT molecular complexity index is 994. The Morgan fingerprint density at radius 1 is 1.42 bits per heavy atom. The van der Waals surface area contributed by atoms with Gasteiger partial charge in [-0.1, -0.05) is 17.4 Å². The summed E-state index contributed by atoms with van der Waals surface area (Å²) in [5.41, 5.74) is 2.90. The zero-order valence-corrected chi connectivity index (χ0v) is 13.2. The van der Waals surface area contributed by atoms with Crippen molar-refractivity contribution >= 4 is 32.6 Å². The number of nitrogens with zero attached hydrogens (tertiary/aromatic N) is 3. The molecular formula is C17H11FN4OS. The molecule has 7 heteroatoms. The summed E-state index contributed by atoms with van der Waals surface area (Å²) in [5.74, 6) is -0.859. The molecule has 2 atom stereocenters. The highest BCUT2D eigenvalue weighted by atomic mass is 32.1. The van der Waals surface area contributed by atoms with Crippen LogP contribution in [0.4, 0.5) is 9.52 Å². The molecule has 4 rings (SSSR count). The first-order valence-corrected chi connectivity index (χ1v) is 8.17. The van der Waals surface area contributed by atoms with Gasteiger partial charge in [0.15, 0.2) is 5.13 Å². The van der Waals surface area contributed by atoms with E-state index in [1.54, 1.807) is 18.5 Å². The van der Waals surface area contributed by atoms with Crippen LogP contribution in [-0.4, -0.2) is 22.0 Å². The van der Waals surface area contributed by atoms with Crippen molar-refractivity contribution in [2.45, 2.75) is 12.6 Å². The number of alkyl halides is 1. The van der Waals surface area contributed by atoms with Crippen molar-refractivity contribution in [2.24, 2.45) is 5.92 Å². The number of carbonyl (C=O) groups is 1. The topological polar surface area (TPSA) is 78.7 Å². The van der Waals surface area contributed by atoms with Gasteiger partial charge in [0.25, 0.3) is 0 Å². The number of aromatic nitrogens is 2. The van der Waals surface area contributed by atoms with E-state index >= 15 is 0 Å². The smallest absolute Gasteiger partial charge is 0.232 e. The van der Waals surface area contributed by atoms with Crippen LogP contribution in [0.3, 0.4) is 0 Å². The molecule has 2 unspecified atom stereocenters. The van der Waals surface area contributed by atoms with Crippen LogP contribution in [-0.2, 0) is 4.79 Å². The molecule has 1 aromatic carbocycles. The van der Waals surface area contributed by atoms with Crippen LogP contribution >= 0.6 is 11.3 Å². The Labute approximate surface area is 140 Å². The lowest BCUT2D eigenvalue weighted by atomic mass is 10.0. The summed E-state index contributed by atoms with van der Waals surface area (Å²) >= 11 is 1.33. The predicted octanol–water partition coefficient (Wildman–Crippen LogP) is 3.53. The van der Waals surface area contributed by atoms with Gasteiger partial charge >= 0.3 is 0 Å². The Balaban J connectivity index is 1.66. The lowest BCUT2D eigenvalue weighted by Crippen LogP contribution is -2.14. The van der Waals surface area contributed by atoms with Crippen molar-refractivity contribution in [3.8, 4) is 17.2 Å². The van der Waals surface area contributed by atoms with Gasteiger partial charge in [0, 0.05) is 18.0 Å². The molecule has 1 aliphatic rings. The first kappa shape index (κ1) is 14.7. The van der Waals surface area contributed by atoms with Gasteiger partial charge in [-0.25, -0.2) is 9.37 Å². The molecule has 3 aromatic rings. The van der Waals surface area contributed by atoms with Crippen LogP contribution in [0.25, 0.3) is 21.3 Å². The molecule has 0 saturated heterocycles. The number of nitriles is 1. The second-order valence-corrected chi connectivity index (χ2v) is 6.61. The number of thiazole rings is 1. The molecule has 1 aliphatic carbocycles. The maximum atomic E-state index is 12.9. The average Bonchev–Trinajstić information content (AvgIpc) is 3.20. The standard InChI is InChI=1S/C17H11FN4OS/c18-13-6-11(13)16(23)22-17-21-14-2-1-9(5-15(14)24-17)12-8-20-4-3-10(12)7-19/h1-5,8,11,13H,6H2,(H,21,22,23). The van der Waals surface area contributed by atoms with E-state index in [1.165, 1.54) is 11.3 Å². The Hall–Kier alpha value is -2.85. The fourth-order valence-electron chi connectivity index (χ4n) is 2.50. The molecule has 2 aromatic heterocycles. The highest BCUT2D eigenvalue weighted by molar-refractivity contribution is 7.22. The Morgan fingerprint density at radius 2 is 2.25 bits per heavy atom. The second kappa shape index (κ2) is 5.65. The van der Waals surface area contributed by atoms with E-state index in [0.717, 1.165) is 21.3 Å². The first-order chi connectivity index (χ1) is 11.7. The van der Waals surface area contributed by atoms with E-state index in [0.29, 0.717) is 17.1 Å². The van der Waals surface area contributed by atoms with Gasteiger partial charge in [0.2, 0.25) is 5.91 Å². The summed E-state index contributed by atoms with van der Waals surface area (Å²) in [6.07, 6.45) is 2.49. The van der Waals surface area contributed by atoms with E-state index in [4.69, 9.17) is 0 Å². The van der Waals surface area contributed by atoms with Crippen molar-refractivity contribution in [1.82, 2.24) is 9.97 Å². The number of pyridine rings is 1. The summed E-state index contributed by atoms with van der Waals surface area (Å²) in [7, 11) is 0. The number of halogens is 1. The van der Waals surface area contributed by atoms with Gasteiger partial charge in [-0.05, 0) is 30.2 Å². The van der Waals surface area contributed by atoms with Crippen LogP contribution in [0.1, 0.15) is 12.0 Å². The van der Waals surface area contributed by atoms with Crippen molar-refractivity contribution < 1.29 is 9.18 Å². The molecule has 1 N–H and O–H groups in total. The van der Waals surface area contributed by atoms with Crippen molar-refractivity contribution in [1.29, 1.82) is 5.26 Å². The number of benzene rings is 1. The van der Waals surface area contributed by atoms with Gasteiger partial charge in [0.1, 0.15) is 6.17 Å². The minimum absolute atomic E-state index is 0.290. The molecule has 0 bridgehead atoms. The minimum Gasteiger partial charge on any atom is -0.302 e. The minimum atomic E-state index is -1.03. The largest absolute Gasteiger partial charge is 0.302 e. The van der Waals surface area contributed by atoms with Crippen LogP contribution in [0, 0.1) is 17.2 Å². The van der Waals surface area contributed by atoms with Gasteiger partial charge in [-0.3, -0.25) is 9.78 Å². The number of hydrogen-bond donors (Lipinski definition) is 1. The molecule has 24 heavy (non-hydrogen) atoms. The summed E-state index contributed by atoms with van der Waals surface area (Å²) in [6.45, 7) is 0. The molecule has 5 nitrogen and oxygen atoms in total. The van der Waals surface area contributed by atoms with Gasteiger partial charge in [-0.15, -0.1) is 0 Å². The molecule has 2 heterocycles. The molecule has 0 aliphatic heterocycles. The van der Waals surface area contributed by atoms with Crippen LogP contribution < -0.4 is 5.32 Å². The fraction of sp³-hybridized carbons (Fsp3) is 0.176. The highest BCUT2D eigenvalue weighted by Gasteiger charge is 2.43. The number of nitrogens with one attached hydrogen (secondary N) is 1. The van der Waals surface area contributed by atoms with E-state index in [-0.39, 0.29) is 5.91 Å².